The maximum Gasteiger partial charge on any atom is 0.0954 e. The third kappa shape index (κ3) is 3.09. The quantitative estimate of drug-likeness (QED) is 0.855. The smallest absolute Gasteiger partial charge is 0.0954 e. The van der Waals surface area contributed by atoms with Crippen LogP contribution in [-0.4, -0.2) is 18.1 Å². The molecule has 2 nitrogen and oxygen atoms in total. The standard InChI is InChI=1S/C15H22N2S/c1-4-7-11(2)13(16-3)10-15-17-12-8-5-6-9-14(12)18-15/h5-6,8-9,11,13,16H,4,7,10H2,1-3H3. The minimum Gasteiger partial charge on any atom is -0.316 e. The first-order valence-corrected chi connectivity index (χ1v) is 7.58. The number of nitrogens with zero attached hydrogens (tertiary/aromatic N) is 1. The minimum absolute atomic E-state index is 0.533. The van der Waals surface area contributed by atoms with E-state index >= 15 is 0 Å². The van der Waals surface area contributed by atoms with Crippen molar-refractivity contribution in [3.05, 3.63) is 29.3 Å². The zero-order chi connectivity index (χ0) is 13.0. The van der Waals surface area contributed by atoms with Crippen molar-refractivity contribution in [3.8, 4) is 0 Å². The number of thiazole rings is 1. The molecule has 0 aliphatic rings. The first-order valence-electron chi connectivity index (χ1n) is 6.76. The molecule has 18 heavy (non-hydrogen) atoms. The third-order valence-electron chi connectivity index (χ3n) is 3.53. The lowest BCUT2D eigenvalue weighted by Gasteiger charge is -2.22. The summed E-state index contributed by atoms with van der Waals surface area (Å²) in [6, 6.07) is 8.92. The van der Waals surface area contributed by atoms with Gasteiger partial charge >= 0.3 is 0 Å². The number of rotatable bonds is 6. The van der Waals surface area contributed by atoms with E-state index in [9.17, 15) is 0 Å². The Bertz CT molecular complexity index is 459. The Morgan fingerprint density at radius 3 is 2.78 bits per heavy atom. The largest absolute Gasteiger partial charge is 0.316 e. The van der Waals surface area contributed by atoms with Gasteiger partial charge in [-0.1, -0.05) is 32.4 Å². The summed E-state index contributed by atoms with van der Waals surface area (Å²) in [6.07, 6.45) is 3.56. The number of hydrogen-bond acceptors (Lipinski definition) is 3. The van der Waals surface area contributed by atoms with E-state index < -0.39 is 0 Å². The van der Waals surface area contributed by atoms with E-state index in [2.05, 4.69) is 50.5 Å². The molecule has 0 fully saturated rings. The molecule has 1 aromatic heterocycles. The molecule has 2 rings (SSSR count). The molecule has 0 spiro atoms. The van der Waals surface area contributed by atoms with Crippen LogP contribution in [0.4, 0.5) is 0 Å². The fourth-order valence-corrected chi connectivity index (χ4v) is 3.47. The van der Waals surface area contributed by atoms with Crippen LogP contribution < -0.4 is 5.32 Å². The molecule has 1 N–H and O–H groups in total. The lowest BCUT2D eigenvalue weighted by molar-refractivity contribution is 0.371. The van der Waals surface area contributed by atoms with Gasteiger partial charge in [-0.25, -0.2) is 4.98 Å². The van der Waals surface area contributed by atoms with Gasteiger partial charge in [0.2, 0.25) is 0 Å². The number of hydrogen-bond donors (Lipinski definition) is 1. The van der Waals surface area contributed by atoms with Crippen LogP contribution in [-0.2, 0) is 6.42 Å². The molecule has 0 bridgehead atoms. The normalized spacial score (nSPS) is 14.8. The summed E-state index contributed by atoms with van der Waals surface area (Å²) in [5.41, 5.74) is 1.13. The molecule has 2 aromatic rings. The molecule has 2 atom stereocenters. The molecule has 3 heteroatoms. The Labute approximate surface area is 113 Å². The Morgan fingerprint density at radius 1 is 1.33 bits per heavy atom. The van der Waals surface area contributed by atoms with Crippen LogP contribution in [0, 0.1) is 5.92 Å². The number of para-hydroxylation sites is 1. The molecule has 0 amide bonds. The van der Waals surface area contributed by atoms with Gasteiger partial charge in [-0.15, -0.1) is 11.3 Å². The first kappa shape index (κ1) is 13.5. The molecule has 0 radical (unpaired) electrons. The highest BCUT2D eigenvalue weighted by Gasteiger charge is 2.17. The Kier molecular flexibility index (Phi) is 4.72. The number of likely N-dealkylation sites (N-methyl/N-ethyl adjacent to an activating group) is 1. The van der Waals surface area contributed by atoms with Crippen LogP contribution in [0.3, 0.4) is 0 Å². The second-order valence-corrected chi connectivity index (χ2v) is 6.06. The third-order valence-corrected chi connectivity index (χ3v) is 4.59. The van der Waals surface area contributed by atoms with E-state index in [1.165, 1.54) is 22.5 Å². The topological polar surface area (TPSA) is 24.9 Å². The van der Waals surface area contributed by atoms with Crippen molar-refractivity contribution in [2.24, 2.45) is 5.92 Å². The summed E-state index contributed by atoms with van der Waals surface area (Å²) < 4.78 is 1.30. The molecular weight excluding hydrogens is 240 g/mol. The fraction of sp³-hybridized carbons (Fsp3) is 0.533. The molecule has 0 saturated carbocycles. The highest BCUT2D eigenvalue weighted by Crippen LogP contribution is 2.24. The summed E-state index contributed by atoms with van der Waals surface area (Å²) in [7, 11) is 2.06. The van der Waals surface area contributed by atoms with E-state index in [-0.39, 0.29) is 0 Å². The molecule has 1 aromatic carbocycles. The van der Waals surface area contributed by atoms with Gasteiger partial charge in [0.05, 0.1) is 15.2 Å². The van der Waals surface area contributed by atoms with E-state index in [0.29, 0.717) is 12.0 Å². The van der Waals surface area contributed by atoms with Crippen molar-refractivity contribution < 1.29 is 0 Å². The van der Waals surface area contributed by atoms with Crippen molar-refractivity contribution >= 4 is 21.6 Å². The fourth-order valence-electron chi connectivity index (χ4n) is 2.44. The van der Waals surface area contributed by atoms with Gasteiger partial charge in [0.15, 0.2) is 0 Å². The van der Waals surface area contributed by atoms with E-state index in [4.69, 9.17) is 4.98 Å². The SMILES string of the molecule is CCCC(C)C(Cc1nc2ccccc2s1)NC. The average molecular weight is 262 g/mol. The summed E-state index contributed by atoms with van der Waals surface area (Å²) in [5.74, 6) is 0.701. The number of benzene rings is 1. The number of nitrogens with one attached hydrogen (secondary N) is 1. The van der Waals surface area contributed by atoms with Crippen LogP contribution >= 0.6 is 11.3 Å². The first-order chi connectivity index (χ1) is 8.74. The predicted octanol–water partition coefficient (Wildman–Crippen LogP) is 3.86. The Balaban J connectivity index is 2.11. The zero-order valence-corrected chi connectivity index (χ0v) is 12.3. The minimum atomic E-state index is 0.533. The van der Waals surface area contributed by atoms with Gasteiger partial charge in [0.1, 0.15) is 0 Å². The molecule has 0 aliphatic heterocycles. The summed E-state index contributed by atoms with van der Waals surface area (Å²) in [4.78, 5) is 4.72. The molecule has 0 aliphatic carbocycles. The molecule has 98 valence electrons. The van der Waals surface area contributed by atoms with E-state index in [1.54, 1.807) is 0 Å². The van der Waals surface area contributed by atoms with Crippen molar-refractivity contribution in [2.75, 3.05) is 7.05 Å². The Hall–Kier alpha value is -0.930. The highest BCUT2D eigenvalue weighted by atomic mass is 32.1. The molecular formula is C15H22N2S. The molecule has 1 heterocycles. The van der Waals surface area contributed by atoms with Crippen LogP contribution in [0.25, 0.3) is 10.2 Å². The average Bonchev–Trinajstić information content (AvgIpc) is 2.78. The lowest BCUT2D eigenvalue weighted by atomic mass is 9.95. The van der Waals surface area contributed by atoms with Crippen molar-refractivity contribution in [3.63, 3.8) is 0 Å². The van der Waals surface area contributed by atoms with Crippen molar-refractivity contribution in [2.45, 2.75) is 39.2 Å². The van der Waals surface area contributed by atoms with Crippen LogP contribution in [0.5, 0.6) is 0 Å². The summed E-state index contributed by atoms with van der Waals surface area (Å²) in [6.45, 7) is 4.58. The van der Waals surface area contributed by atoms with Crippen LogP contribution in [0.1, 0.15) is 31.7 Å². The van der Waals surface area contributed by atoms with E-state index in [1.807, 2.05) is 11.3 Å². The molecule has 2 unspecified atom stereocenters. The number of fused-ring (bicyclic) bond motifs is 1. The van der Waals surface area contributed by atoms with Crippen LogP contribution in [0.2, 0.25) is 0 Å². The van der Waals surface area contributed by atoms with Crippen LogP contribution in [0.15, 0.2) is 24.3 Å². The maximum absolute atomic E-state index is 4.72. The van der Waals surface area contributed by atoms with Gasteiger partial charge in [-0.05, 0) is 31.5 Å². The lowest BCUT2D eigenvalue weighted by Crippen LogP contribution is -2.34. The second kappa shape index (κ2) is 6.30. The monoisotopic (exact) mass is 262 g/mol. The van der Waals surface area contributed by atoms with Gasteiger partial charge < -0.3 is 5.32 Å². The van der Waals surface area contributed by atoms with Gasteiger partial charge in [-0.3, -0.25) is 0 Å². The van der Waals surface area contributed by atoms with Crippen molar-refractivity contribution in [1.82, 2.24) is 10.3 Å². The molecule has 0 saturated heterocycles. The van der Waals surface area contributed by atoms with Crippen molar-refractivity contribution in [1.29, 1.82) is 0 Å². The van der Waals surface area contributed by atoms with Gasteiger partial charge in [0, 0.05) is 12.5 Å². The second-order valence-electron chi connectivity index (χ2n) is 4.94. The zero-order valence-electron chi connectivity index (χ0n) is 11.4. The highest BCUT2D eigenvalue weighted by molar-refractivity contribution is 7.18. The van der Waals surface area contributed by atoms with Gasteiger partial charge in [0.25, 0.3) is 0 Å². The number of aromatic nitrogens is 1. The Morgan fingerprint density at radius 2 is 2.11 bits per heavy atom. The maximum atomic E-state index is 4.72. The summed E-state index contributed by atoms with van der Waals surface area (Å²) >= 11 is 1.83. The van der Waals surface area contributed by atoms with E-state index in [0.717, 1.165) is 11.9 Å². The predicted molar refractivity (Wildman–Crippen MR) is 80.2 cm³/mol. The summed E-state index contributed by atoms with van der Waals surface area (Å²) in [5, 5.41) is 4.69. The van der Waals surface area contributed by atoms with Gasteiger partial charge in [-0.2, -0.15) is 0 Å².